The number of nitrogens with zero attached hydrogens (tertiary/aromatic N) is 2. The second-order valence-electron chi connectivity index (χ2n) is 7.17. The van der Waals surface area contributed by atoms with Gasteiger partial charge in [0, 0.05) is 20.2 Å². The summed E-state index contributed by atoms with van der Waals surface area (Å²) in [4.78, 5) is 39.5. The Labute approximate surface area is 193 Å². The number of furan rings is 1. The van der Waals surface area contributed by atoms with Crippen LogP contribution in [0, 0.1) is 0 Å². The summed E-state index contributed by atoms with van der Waals surface area (Å²) in [6.45, 7) is -0.247. The van der Waals surface area contributed by atoms with Crippen molar-refractivity contribution in [2.24, 2.45) is 0 Å². The van der Waals surface area contributed by atoms with E-state index in [4.69, 9.17) is 4.42 Å². The van der Waals surface area contributed by atoms with Crippen LogP contribution in [-0.2, 0) is 17.9 Å². The van der Waals surface area contributed by atoms with Gasteiger partial charge in [0.2, 0.25) is 5.91 Å². The fourth-order valence-electron chi connectivity index (χ4n) is 3.65. The van der Waals surface area contributed by atoms with Crippen LogP contribution < -0.4 is 16.6 Å². The molecular formula is C23H16BrN3O4S. The van der Waals surface area contributed by atoms with Gasteiger partial charge in [0.1, 0.15) is 17.0 Å². The smallest absolute Gasteiger partial charge is 0.332 e. The molecule has 3 aromatic heterocycles. The largest absolute Gasteiger partial charge is 0.467 e. The summed E-state index contributed by atoms with van der Waals surface area (Å²) in [6, 6.07) is 18.1. The molecule has 0 aliphatic heterocycles. The van der Waals surface area contributed by atoms with E-state index in [1.54, 1.807) is 30.3 Å². The lowest BCUT2D eigenvalue weighted by Gasteiger charge is -2.12. The van der Waals surface area contributed by atoms with E-state index in [1.807, 2.05) is 30.3 Å². The maximum absolute atomic E-state index is 13.4. The molecule has 32 heavy (non-hydrogen) atoms. The molecule has 1 N–H and O–H groups in total. The molecule has 0 unspecified atom stereocenters. The monoisotopic (exact) mass is 509 g/mol. The maximum Gasteiger partial charge on any atom is 0.332 e. The Morgan fingerprint density at radius 1 is 1.03 bits per heavy atom. The first-order chi connectivity index (χ1) is 15.5. The predicted molar refractivity (Wildman–Crippen MR) is 128 cm³/mol. The molecular weight excluding hydrogens is 494 g/mol. The summed E-state index contributed by atoms with van der Waals surface area (Å²) in [6.07, 6.45) is 1.49. The average molecular weight is 510 g/mol. The van der Waals surface area contributed by atoms with Crippen molar-refractivity contribution in [3.63, 3.8) is 0 Å². The molecule has 7 nitrogen and oxygen atoms in total. The third-order valence-corrected chi connectivity index (χ3v) is 6.69. The van der Waals surface area contributed by atoms with Crippen molar-refractivity contribution in [3.8, 4) is 0 Å². The van der Waals surface area contributed by atoms with Gasteiger partial charge in [-0.1, -0.05) is 40.2 Å². The number of carbonyl (C=O) groups is 1. The molecule has 9 heteroatoms. The number of hydrogen-bond acceptors (Lipinski definition) is 5. The third-order valence-electron chi connectivity index (χ3n) is 5.04. The second kappa shape index (κ2) is 8.25. The number of thiophene rings is 1. The zero-order valence-corrected chi connectivity index (χ0v) is 19.0. The number of nitrogens with one attached hydrogen (secondary N) is 1. The SMILES string of the molecule is O=C(Cn1c(=O)n(Cc2ccco2)c(=O)c2sc3ccccc3c21)Nc1cccc(Br)c1. The highest BCUT2D eigenvalue weighted by molar-refractivity contribution is 9.10. The molecule has 1 amide bonds. The van der Waals surface area contributed by atoms with Crippen LogP contribution in [0.5, 0.6) is 0 Å². The first-order valence-corrected chi connectivity index (χ1v) is 11.3. The summed E-state index contributed by atoms with van der Waals surface area (Å²) in [7, 11) is 0. The molecule has 0 bridgehead atoms. The lowest BCUT2D eigenvalue weighted by Crippen LogP contribution is -2.41. The van der Waals surface area contributed by atoms with Crippen LogP contribution in [0.15, 0.2) is 85.4 Å². The Balaban J connectivity index is 1.66. The van der Waals surface area contributed by atoms with Gasteiger partial charge < -0.3 is 9.73 Å². The highest BCUT2D eigenvalue weighted by atomic mass is 79.9. The van der Waals surface area contributed by atoms with Crippen molar-refractivity contribution in [1.82, 2.24) is 9.13 Å². The normalized spacial score (nSPS) is 11.3. The van der Waals surface area contributed by atoms with E-state index in [9.17, 15) is 14.4 Å². The minimum absolute atomic E-state index is 0.0118. The van der Waals surface area contributed by atoms with E-state index in [0.717, 1.165) is 19.1 Å². The van der Waals surface area contributed by atoms with E-state index >= 15 is 0 Å². The van der Waals surface area contributed by atoms with Crippen molar-refractivity contribution in [2.75, 3.05) is 5.32 Å². The van der Waals surface area contributed by atoms with Crippen molar-refractivity contribution in [1.29, 1.82) is 0 Å². The molecule has 0 fully saturated rings. The number of anilines is 1. The number of fused-ring (bicyclic) bond motifs is 3. The highest BCUT2D eigenvalue weighted by Gasteiger charge is 2.20. The van der Waals surface area contributed by atoms with E-state index < -0.39 is 11.2 Å². The standard InChI is InChI=1S/C23H16BrN3O4S/c24-14-5-3-6-15(11-14)25-19(28)13-26-20-17-8-1-2-9-18(17)32-21(20)22(29)27(23(26)30)12-16-7-4-10-31-16/h1-11H,12-13H2,(H,25,28). The molecule has 5 rings (SSSR count). The Hall–Kier alpha value is -3.43. The van der Waals surface area contributed by atoms with Crippen LogP contribution in [0.25, 0.3) is 20.3 Å². The molecule has 0 spiro atoms. The quantitative estimate of drug-likeness (QED) is 0.379. The highest BCUT2D eigenvalue weighted by Crippen LogP contribution is 2.31. The van der Waals surface area contributed by atoms with Crippen molar-refractivity contribution >= 4 is 59.2 Å². The maximum atomic E-state index is 13.4. The fourth-order valence-corrected chi connectivity index (χ4v) is 5.21. The van der Waals surface area contributed by atoms with Gasteiger partial charge in [-0.25, -0.2) is 4.79 Å². The number of benzene rings is 2. The third kappa shape index (κ3) is 3.69. The van der Waals surface area contributed by atoms with Crippen molar-refractivity contribution in [2.45, 2.75) is 13.1 Å². The van der Waals surface area contributed by atoms with Crippen LogP contribution in [0.4, 0.5) is 5.69 Å². The van der Waals surface area contributed by atoms with Gasteiger partial charge >= 0.3 is 5.69 Å². The summed E-state index contributed by atoms with van der Waals surface area (Å²) >= 11 is 4.69. The zero-order valence-electron chi connectivity index (χ0n) is 16.6. The molecule has 0 saturated heterocycles. The summed E-state index contributed by atoms with van der Waals surface area (Å²) < 4.78 is 9.94. The topological polar surface area (TPSA) is 86.2 Å². The van der Waals surface area contributed by atoms with Crippen molar-refractivity contribution < 1.29 is 9.21 Å². The van der Waals surface area contributed by atoms with Crippen LogP contribution in [-0.4, -0.2) is 15.0 Å². The van der Waals surface area contributed by atoms with E-state index in [2.05, 4.69) is 21.2 Å². The predicted octanol–water partition coefficient (Wildman–Crippen LogP) is 4.42. The first-order valence-electron chi connectivity index (χ1n) is 9.74. The molecule has 5 aromatic rings. The van der Waals surface area contributed by atoms with Gasteiger partial charge in [-0.3, -0.25) is 18.7 Å². The Kier molecular flexibility index (Phi) is 5.28. The van der Waals surface area contributed by atoms with Crippen LogP contribution in [0.3, 0.4) is 0 Å². The van der Waals surface area contributed by atoms with Crippen LogP contribution >= 0.6 is 27.3 Å². The van der Waals surface area contributed by atoms with Gasteiger partial charge in [0.25, 0.3) is 5.56 Å². The summed E-state index contributed by atoms with van der Waals surface area (Å²) in [5, 5.41) is 3.58. The number of amides is 1. The molecule has 3 heterocycles. The van der Waals surface area contributed by atoms with Gasteiger partial charge in [-0.05, 0) is 36.4 Å². The van der Waals surface area contributed by atoms with E-state index in [1.165, 1.54) is 22.2 Å². The molecule has 2 aromatic carbocycles. The molecule has 160 valence electrons. The Morgan fingerprint density at radius 3 is 2.66 bits per heavy atom. The number of aromatic nitrogens is 2. The molecule has 0 saturated carbocycles. The lowest BCUT2D eigenvalue weighted by atomic mass is 10.2. The number of halogens is 1. The number of rotatable bonds is 5. The fraction of sp³-hybridized carbons (Fsp3) is 0.0870. The van der Waals surface area contributed by atoms with Gasteiger partial charge in [0.05, 0.1) is 18.3 Å². The van der Waals surface area contributed by atoms with Gasteiger partial charge in [-0.2, -0.15) is 0 Å². The molecule has 0 aliphatic rings. The molecule has 0 atom stereocenters. The first kappa shape index (κ1) is 20.5. The van der Waals surface area contributed by atoms with E-state index in [-0.39, 0.29) is 19.0 Å². The minimum Gasteiger partial charge on any atom is -0.467 e. The van der Waals surface area contributed by atoms with Gasteiger partial charge in [0.15, 0.2) is 0 Å². The summed E-state index contributed by atoms with van der Waals surface area (Å²) in [5.74, 6) is 0.111. The molecule has 0 aliphatic carbocycles. The second-order valence-corrected chi connectivity index (χ2v) is 9.14. The van der Waals surface area contributed by atoms with E-state index in [0.29, 0.717) is 21.7 Å². The number of carbonyl (C=O) groups excluding carboxylic acids is 1. The summed E-state index contributed by atoms with van der Waals surface area (Å²) in [5.41, 5.74) is 0.117. The Morgan fingerprint density at radius 2 is 1.88 bits per heavy atom. The van der Waals surface area contributed by atoms with Gasteiger partial charge in [-0.15, -0.1) is 11.3 Å². The average Bonchev–Trinajstić information content (AvgIpc) is 3.42. The van der Waals surface area contributed by atoms with Crippen LogP contribution in [0.1, 0.15) is 5.76 Å². The van der Waals surface area contributed by atoms with Crippen LogP contribution in [0.2, 0.25) is 0 Å². The Bertz CT molecular complexity index is 1580. The lowest BCUT2D eigenvalue weighted by molar-refractivity contribution is -0.116. The van der Waals surface area contributed by atoms with Crippen molar-refractivity contribution in [3.05, 3.63) is 98.0 Å². The zero-order chi connectivity index (χ0) is 22.2. The molecule has 0 radical (unpaired) electrons. The minimum atomic E-state index is -0.563. The number of hydrogen-bond donors (Lipinski definition) is 1.